The Morgan fingerprint density at radius 2 is 1.81 bits per heavy atom. The molecule has 0 aliphatic rings. The monoisotopic (exact) mass is 334 g/mol. The van der Waals surface area contributed by atoms with Gasteiger partial charge in [-0.1, -0.05) is 0 Å². The van der Waals surface area contributed by atoms with E-state index in [9.17, 15) is 8.42 Å². The van der Waals surface area contributed by atoms with Gasteiger partial charge >= 0.3 is 0 Å². The molecule has 1 aromatic rings. The third-order valence-electron chi connectivity index (χ3n) is 2.94. The first-order chi connectivity index (χ1) is 9.45. The van der Waals surface area contributed by atoms with Crippen molar-refractivity contribution < 1.29 is 12.8 Å². The van der Waals surface area contributed by atoms with Crippen molar-refractivity contribution in [1.82, 2.24) is 10.0 Å². The van der Waals surface area contributed by atoms with Crippen molar-refractivity contribution in [3.63, 3.8) is 0 Å². The highest BCUT2D eigenvalue weighted by molar-refractivity contribution is 8.00. The Kier molecular flexibility index (Phi) is 5.94. The fourth-order valence-electron chi connectivity index (χ4n) is 1.36. The van der Waals surface area contributed by atoms with Crippen LogP contribution in [0.25, 0.3) is 0 Å². The minimum Gasteiger partial charge on any atom is -0.447 e. The topological polar surface area (TPSA) is 71.3 Å². The van der Waals surface area contributed by atoms with Crippen LogP contribution in [-0.4, -0.2) is 31.5 Å². The van der Waals surface area contributed by atoms with Gasteiger partial charge in [0.05, 0.1) is 6.54 Å². The van der Waals surface area contributed by atoms with Gasteiger partial charge in [0, 0.05) is 16.8 Å². The van der Waals surface area contributed by atoms with E-state index >= 15 is 0 Å². The zero-order valence-corrected chi connectivity index (χ0v) is 15.2. The molecule has 7 heteroatoms. The maximum Gasteiger partial charge on any atom is 0.274 e. The minimum atomic E-state index is -3.59. The van der Waals surface area contributed by atoms with E-state index in [1.807, 2.05) is 40.9 Å². The highest BCUT2D eigenvalue weighted by Crippen LogP contribution is 2.21. The van der Waals surface area contributed by atoms with E-state index in [0.29, 0.717) is 18.8 Å². The lowest BCUT2D eigenvalue weighted by atomic mass is 10.1. The van der Waals surface area contributed by atoms with E-state index in [1.165, 1.54) is 6.07 Å². The molecule has 2 N–H and O–H groups in total. The van der Waals surface area contributed by atoms with E-state index in [2.05, 4.69) is 10.0 Å². The Bertz CT molecular complexity index is 557. The van der Waals surface area contributed by atoms with Crippen LogP contribution in [0.5, 0.6) is 0 Å². The van der Waals surface area contributed by atoms with Gasteiger partial charge in [-0.15, -0.1) is 0 Å². The largest absolute Gasteiger partial charge is 0.447 e. The lowest BCUT2D eigenvalue weighted by molar-refractivity contribution is 0.359. The molecule has 0 saturated carbocycles. The first-order valence-electron chi connectivity index (χ1n) is 6.84. The quantitative estimate of drug-likeness (QED) is 0.802. The summed E-state index contributed by atoms with van der Waals surface area (Å²) in [5.41, 5.74) is -0.0492. The van der Waals surface area contributed by atoms with E-state index in [4.69, 9.17) is 4.42 Å². The molecule has 0 fully saturated rings. The van der Waals surface area contributed by atoms with Crippen LogP contribution in [-0.2, 0) is 16.6 Å². The average molecular weight is 335 g/mol. The molecular weight excluding hydrogens is 308 g/mol. The number of thioether (sulfide) groups is 1. The van der Waals surface area contributed by atoms with Crippen LogP contribution in [0.1, 0.15) is 40.4 Å². The highest BCUT2D eigenvalue weighted by atomic mass is 32.2. The van der Waals surface area contributed by atoms with Gasteiger partial charge < -0.3 is 9.73 Å². The molecule has 1 aromatic heterocycles. The predicted octanol–water partition coefficient (Wildman–Crippen LogP) is 2.59. The van der Waals surface area contributed by atoms with Crippen molar-refractivity contribution in [3.8, 4) is 0 Å². The lowest BCUT2D eigenvalue weighted by Crippen LogP contribution is -2.36. The molecule has 1 rings (SSSR count). The molecule has 0 aliphatic carbocycles. The smallest absolute Gasteiger partial charge is 0.274 e. The van der Waals surface area contributed by atoms with E-state index in [-0.39, 0.29) is 15.4 Å². The summed E-state index contributed by atoms with van der Waals surface area (Å²) in [5.74, 6) is 0.606. The van der Waals surface area contributed by atoms with Gasteiger partial charge in [-0.3, -0.25) is 0 Å². The van der Waals surface area contributed by atoms with Gasteiger partial charge in [-0.05, 0) is 53.0 Å². The fourth-order valence-corrected chi connectivity index (χ4v) is 2.83. The predicted molar refractivity (Wildman–Crippen MR) is 88.1 cm³/mol. The number of rotatable bonds is 7. The summed E-state index contributed by atoms with van der Waals surface area (Å²) < 4.78 is 32.2. The molecule has 0 spiro atoms. The number of nitrogens with one attached hydrogen (secondary N) is 2. The molecule has 21 heavy (non-hydrogen) atoms. The van der Waals surface area contributed by atoms with Crippen molar-refractivity contribution in [2.45, 2.75) is 56.5 Å². The molecule has 0 unspecified atom stereocenters. The minimum absolute atomic E-state index is 0.0369. The zero-order chi connectivity index (χ0) is 16.3. The van der Waals surface area contributed by atoms with E-state index in [0.717, 1.165) is 0 Å². The SMILES string of the molecule is CSC(C)(C)CNS(=O)(=O)c1ccc(CNC(C)(C)C)o1. The molecule has 0 amide bonds. The van der Waals surface area contributed by atoms with Crippen molar-refractivity contribution >= 4 is 21.8 Å². The Balaban J connectivity index is 2.70. The summed E-state index contributed by atoms with van der Waals surface area (Å²) in [4.78, 5) is 0. The van der Waals surface area contributed by atoms with Crippen LogP contribution >= 0.6 is 11.8 Å². The van der Waals surface area contributed by atoms with Crippen LogP contribution in [0.2, 0.25) is 0 Å². The third-order valence-corrected chi connectivity index (χ3v) is 5.46. The molecule has 0 bridgehead atoms. The number of hydrogen-bond donors (Lipinski definition) is 2. The molecule has 0 atom stereocenters. The highest BCUT2D eigenvalue weighted by Gasteiger charge is 2.24. The van der Waals surface area contributed by atoms with Gasteiger partial charge in [0.1, 0.15) is 5.76 Å². The van der Waals surface area contributed by atoms with Gasteiger partial charge in [-0.2, -0.15) is 11.8 Å². The first-order valence-corrected chi connectivity index (χ1v) is 9.55. The molecule has 0 aromatic carbocycles. The standard InChI is InChI=1S/C14H26N2O3S2/c1-13(2,3)15-9-11-7-8-12(19-11)21(17,18)16-10-14(4,5)20-6/h7-8,15-16H,9-10H2,1-6H3. The van der Waals surface area contributed by atoms with Gasteiger partial charge in [0.25, 0.3) is 10.0 Å². The second kappa shape index (κ2) is 6.73. The van der Waals surface area contributed by atoms with Crippen LogP contribution in [0, 0.1) is 0 Å². The zero-order valence-electron chi connectivity index (χ0n) is 13.6. The van der Waals surface area contributed by atoms with Crippen molar-refractivity contribution in [3.05, 3.63) is 17.9 Å². The average Bonchev–Trinajstić information content (AvgIpc) is 2.83. The number of sulfonamides is 1. The number of furan rings is 1. The molecule has 0 aliphatic heterocycles. The van der Waals surface area contributed by atoms with Gasteiger partial charge in [0.2, 0.25) is 5.09 Å². The van der Waals surface area contributed by atoms with Gasteiger partial charge in [-0.25, -0.2) is 13.1 Å². The van der Waals surface area contributed by atoms with Crippen molar-refractivity contribution in [2.75, 3.05) is 12.8 Å². The third kappa shape index (κ3) is 6.42. The summed E-state index contributed by atoms with van der Waals surface area (Å²) in [6, 6.07) is 3.18. The Labute approximate surface area is 132 Å². The molecule has 0 radical (unpaired) electrons. The van der Waals surface area contributed by atoms with Crippen LogP contribution in [0.3, 0.4) is 0 Å². The van der Waals surface area contributed by atoms with Crippen LogP contribution < -0.4 is 10.0 Å². The van der Waals surface area contributed by atoms with Crippen molar-refractivity contribution in [2.24, 2.45) is 0 Å². The van der Waals surface area contributed by atoms with Gasteiger partial charge in [0.15, 0.2) is 0 Å². The Morgan fingerprint density at radius 1 is 1.19 bits per heavy atom. The second-order valence-corrected chi connectivity index (χ2v) is 9.82. The summed E-state index contributed by atoms with van der Waals surface area (Å²) in [6.07, 6.45) is 1.96. The Morgan fingerprint density at radius 3 is 2.33 bits per heavy atom. The molecule has 0 saturated heterocycles. The first kappa shape index (κ1) is 18.5. The van der Waals surface area contributed by atoms with Crippen LogP contribution in [0.15, 0.2) is 21.6 Å². The summed E-state index contributed by atoms with van der Waals surface area (Å²) in [6.45, 7) is 10.9. The molecule has 5 nitrogen and oxygen atoms in total. The van der Waals surface area contributed by atoms with Crippen molar-refractivity contribution in [1.29, 1.82) is 0 Å². The maximum absolute atomic E-state index is 12.2. The molecule has 1 heterocycles. The van der Waals surface area contributed by atoms with E-state index < -0.39 is 10.0 Å². The second-order valence-electron chi connectivity index (χ2n) is 6.61. The fraction of sp³-hybridized carbons (Fsp3) is 0.714. The normalized spacial score (nSPS) is 13.6. The molecular formula is C14H26N2O3S2. The summed E-state index contributed by atoms with van der Waals surface area (Å²) in [7, 11) is -3.59. The maximum atomic E-state index is 12.2. The Hall–Kier alpha value is -0.500. The van der Waals surface area contributed by atoms with Crippen LogP contribution in [0.4, 0.5) is 0 Å². The van der Waals surface area contributed by atoms with E-state index in [1.54, 1.807) is 17.8 Å². The summed E-state index contributed by atoms with van der Waals surface area (Å²) >= 11 is 1.61. The number of hydrogen-bond acceptors (Lipinski definition) is 5. The summed E-state index contributed by atoms with van der Waals surface area (Å²) in [5, 5.41) is 3.22. The lowest BCUT2D eigenvalue weighted by Gasteiger charge is -2.21. The molecule has 122 valence electrons.